The number of fused-ring (bicyclic) bond motifs is 1. The largest absolute Gasteiger partial charge is 0.508 e. The first-order chi connectivity index (χ1) is 22.8. The molecule has 0 aromatic heterocycles. The van der Waals surface area contributed by atoms with Crippen molar-refractivity contribution < 1.29 is 14.6 Å². The molecule has 248 valence electrons. The maximum Gasteiger partial charge on any atom is 0.128 e. The number of ether oxygens (including phenoxy) is 2. The van der Waals surface area contributed by atoms with Gasteiger partial charge in [0.1, 0.15) is 23.0 Å². The zero-order valence-corrected chi connectivity index (χ0v) is 29.1. The monoisotopic (exact) mass is 631 g/mol. The summed E-state index contributed by atoms with van der Waals surface area (Å²) in [6.07, 6.45) is 13.5. The Morgan fingerprint density at radius 2 is 1.32 bits per heavy atom. The van der Waals surface area contributed by atoms with Gasteiger partial charge in [0.2, 0.25) is 0 Å². The van der Waals surface area contributed by atoms with Crippen LogP contribution >= 0.6 is 0 Å². The fourth-order valence-corrected chi connectivity index (χ4v) is 5.60. The van der Waals surface area contributed by atoms with E-state index in [9.17, 15) is 5.11 Å². The molecule has 0 amide bonds. The Balaban J connectivity index is 0.00000118. The fourth-order valence-electron chi connectivity index (χ4n) is 5.60. The molecule has 0 radical (unpaired) electrons. The van der Waals surface area contributed by atoms with Crippen LogP contribution < -0.4 is 15.2 Å². The number of allylic oxidation sites excluding steroid dienone is 3. The smallest absolute Gasteiger partial charge is 0.128 e. The first kappa shape index (κ1) is 35.4. The summed E-state index contributed by atoms with van der Waals surface area (Å²) in [4.78, 5) is 0. The lowest BCUT2D eigenvalue weighted by molar-refractivity contribution is 0.183. The summed E-state index contributed by atoms with van der Waals surface area (Å²) in [5.41, 5.74) is 13.5. The summed E-state index contributed by atoms with van der Waals surface area (Å²) in [5.74, 6) is 3.32. The van der Waals surface area contributed by atoms with E-state index in [4.69, 9.17) is 15.2 Å². The number of phenols is 1. The number of benzene rings is 4. The van der Waals surface area contributed by atoms with E-state index in [1.165, 1.54) is 31.2 Å². The second kappa shape index (κ2) is 17.5. The quantitative estimate of drug-likeness (QED) is 0.173. The molecule has 5 rings (SSSR count). The predicted octanol–water partition coefficient (Wildman–Crippen LogP) is 12.3. The van der Waals surface area contributed by atoms with Crippen LogP contribution in [-0.2, 0) is 0 Å². The number of hydrogen-bond donors (Lipinski definition) is 2. The molecular formula is C43H53NO3. The number of hydrogen-bond acceptors (Lipinski definition) is 4. The summed E-state index contributed by atoms with van der Waals surface area (Å²) in [6.45, 7) is 13.2. The van der Waals surface area contributed by atoms with E-state index in [1.807, 2.05) is 42.5 Å². The molecule has 4 aromatic rings. The lowest BCUT2D eigenvalue weighted by Gasteiger charge is -2.23. The fraction of sp³-hybridized carbons (Fsp3) is 0.349. The first-order valence-electron chi connectivity index (χ1n) is 17.4. The average Bonchev–Trinajstić information content (AvgIpc) is 3.09. The van der Waals surface area contributed by atoms with Crippen molar-refractivity contribution in [1.82, 2.24) is 0 Å². The molecule has 4 nitrogen and oxygen atoms in total. The molecule has 0 fully saturated rings. The average molecular weight is 632 g/mol. The van der Waals surface area contributed by atoms with Crippen molar-refractivity contribution in [3.8, 4) is 45.3 Å². The molecule has 1 aliphatic carbocycles. The van der Waals surface area contributed by atoms with E-state index in [0.29, 0.717) is 11.8 Å². The Bertz CT molecular complexity index is 1620. The van der Waals surface area contributed by atoms with Crippen LogP contribution in [0.15, 0.2) is 103 Å². The minimum Gasteiger partial charge on any atom is -0.508 e. The lowest BCUT2D eigenvalue weighted by Crippen LogP contribution is -2.14. The lowest BCUT2D eigenvalue weighted by atomic mass is 9.83. The van der Waals surface area contributed by atoms with Crippen LogP contribution in [0, 0.1) is 5.92 Å². The normalized spacial score (nSPS) is 17.9. The SMILES string of the molecule is CCCC.CCCCC(CC)Oc1ccc(-c2cc(Oc3ccc4c(c3)/C(N)=C/C=C\C(C)C4C)cc(-c3ccc(O)cc3)c2)cc1. The van der Waals surface area contributed by atoms with Gasteiger partial charge in [0.15, 0.2) is 0 Å². The molecule has 0 saturated carbocycles. The number of phenolic OH excluding ortho intramolecular Hbond substituents is 1. The highest BCUT2D eigenvalue weighted by atomic mass is 16.5. The number of aromatic hydroxyl groups is 1. The maximum atomic E-state index is 9.87. The summed E-state index contributed by atoms with van der Waals surface area (Å²) in [7, 11) is 0. The van der Waals surface area contributed by atoms with Crippen LogP contribution in [0.5, 0.6) is 23.0 Å². The number of nitrogens with two attached hydrogens (primary N) is 1. The molecule has 0 saturated heterocycles. The Labute approximate surface area is 283 Å². The molecule has 4 aromatic carbocycles. The molecule has 3 unspecified atom stereocenters. The molecule has 0 bridgehead atoms. The van der Waals surface area contributed by atoms with Gasteiger partial charge in [-0.25, -0.2) is 0 Å². The zero-order valence-electron chi connectivity index (χ0n) is 29.1. The third-order valence-corrected chi connectivity index (χ3v) is 8.97. The van der Waals surface area contributed by atoms with Gasteiger partial charge in [0, 0.05) is 11.3 Å². The molecular weight excluding hydrogens is 578 g/mol. The van der Waals surface area contributed by atoms with Crippen LogP contribution in [0.4, 0.5) is 0 Å². The Hall–Kier alpha value is -4.44. The van der Waals surface area contributed by atoms with Crippen molar-refractivity contribution in [2.45, 2.75) is 92.1 Å². The van der Waals surface area contributed by atoms with Gasteiger partial charge >= 0.3 is 0 Å². The summed E-state index contributed by atoms with van der Waals surface area (Å²) in [6, 6.07) is 28.0. The van der Waals surface area contributed by atoms with Crippen molar-refractivity contribution in [1.29, 1.82) is 0 Å². The molecule has 47 heavy (non-hydrogen) atoms. The summed E-state index contributed by atoms with van der Waals surface area (Å²) >= 11 is 0. The van der Waals surface area contributed by atoms with E-state index >= 15 is 0 Å². The van der Waals surface area contributed by atoms with E-state index in [0.717, 1.165) is 63.6 Å². The minimum absolute atomic E-state index is 0.236. The van der Waals surface area contributed by atoms with Crippen LogP contribution in [0.1, 0.15) is 97.1 Å². The number of unbranched alkanes of at least 4 members (excludes halogenated alkanes) is 2. The van der Waals surface area contributed by atoms with Gasteiger partial charge in [0.05, 0.1) is 6.10 Å². The molecule has 4 heteroatoms. The first-order valence-corrected chi connectivity index (χ1v) is 17.4. The van der Waals surface area contributed by atoms with Gasteiger partial charge in [-0.15, -0.1) is 0 Å². The van der Waals surface area contributed by atoms with E-state index in [2.05, 4.69) is 90.1 Å². The van der Waals surface area contributed by atoms with Gasteiger partial charge in [-0.2, -0.15) is 0 Å². The van der Waals surface area contributed by atoms with Crippen LogP contribution in [0.2, 0.25) is 0 Å². The van der Waals surface area contributed by atoms with Gasteiger partial charge in [-0.1, -0.05) is 110 Å². The molecule has 1 aliphatic rings. The molecule has 0 spiro atoms. The standard InChI is InChI=1S/C39H43NO3.C4H10/c1-5-7-10-33(6-2)42-34-18-14-29(15-19-34)31-22-30(28-12-16-32(41)17-13-28)23-36(24-31)43-35-20-21-37-27(4)26(3)9-8-11-39(40)38(37)25-35;1-3-4-2/h8-9,11-27,33,41H,5-7,10,40H2,1-4H3;3-4H2,1-2H3/b9-8-,39-11-;. The Morgan fingerprint density at radius 1 is 0.702 bits per heavy atom. The molecule has 3 atom stereocenters. The third kappa shape index (κ3) is 9.78. The topological polar surface area (TPSA) is 64.7 Å². The van der Waals surface area contributed by atoms with E-state index in [1.54, 1.807) is 12.1 Å². The van der Waals surface area contributed by atoms with Crippen molar-refractivity contribution in [2.75, 3.05) is 0 Å². The predicted molar refractivity (Wildman–Crippen MR) is 199 cm³/mol. The van der Waals surface area contributed by atoms with E-state index in [-0.39, 0.29) is 11.9 Å². The van der Waals surface area contributed by atoms with Crippen molar-refractivity contribution in [3.05, 3.63) is 114 Å². The van der Waals surface area contributed by atoms with Gasteiger partial charge in [-0.05, 0) is 113 Å². The highest BCUT2D eigenvalue weighted by Gasteiger charge is 2.19. The Morgan fingerprint density at radius 3 is 1.91 bits per heavy atom. The van der Waals surface area contributed by atoms with Gasteiger partial charge < -0.3 is 20.3 Å². The highest BCUT2D eigenvalue weighted by molar-refractivity contribution is 5.76. The van der Waals surface area contributed by atoms with Crippen LogP contribution in [0.3, 0.4) is 0 Å². The zero-order chi connectivity index (χ0) is 33.8. The van der Waals surface area contributed by atoms with Gasteiger partial charge in [-0.3, -0.25) is 0 Å². The second-order valence-corrected chi connectivity index (χ2v) is 12.6. The Kier molecular flexibility index (Phi) is 13.2. The minimum atomic E-state index is 0.236. The van der Waals surface area contributed by atoms with Crippen molar-refractivity contribution >= 4 is 5.70 Å². The molecule has 0 heterocycles. The molecule has 3 N–H and O–H groups in total. The highest BCUT2D eigenvalue weighted by Crippen LogP contribution is 2.38. The van der Waals surface area contributed by atoms with Crippen LogP contribution in [-0.4, -0.2) is 11.2 Å². The summed E-state index contributed by atoms with van der Waals surface area (Å²) in [5, 5.41) is 9.87. The molecule has 0 aliphatic heterocycles. The van der Waals surface area contributed by atoms with E-state index < -0.39 is 0 Å². The maximum absolute atomic E-state index is 9.87. The van der Waals surface area contributed by atoms with Gasteiger partial charge in [0.25, 0.3) is 0 Å². The summed E-state index contributed by atoms with van der Waals surface area (Å²) < 4.78 is 12.8. The third-order valence-electron chi connectivity index (χ3n) is 8.97. The van der Waals surface area contributed by atoms with Crippen molar-refractivity contribution in [3.63, 3.8) is 0 Å². The second-order valence-electron chi connectivity index (χ2n) is 12.6. The van der Waals surface area contributed by atoms with Crippen LogP contribution in [0.25, 0.3) is 28.0 Å². The number of rotatable bonds is 11. The van der Waals surface area contributed by atoms with Crippen molar-refractivity contribution in [2.24, 2.45) is 11.7 Å².